The fraction of sp³-hybridized carbons (Fsp3) is 0. The maximum atomic E-state index is 9.86. The first kappa shape index (κ1) is 14.2. The van der Waals surface area contributed by atoms with Crippen LogP contribution in [0.3, 0.4) is 0 Å². The molecular weight excluding hydrogens is 544 g/mol. The molecule has 0 bridgehead atoms. The van der Waals surface area contributed by atoms with E-state index in [1.54, 1.807) is 42.5 Å². The zero-order chi connectivity index (χ0) is 43.7. The van der Waals surface area contributed by atoms with Crippen LogP contribution in [0, 0.1) is 0 Å². The van der Waals surface area contributed by atoms with Gasteiger partial charge >= 0.3 is 0 Å². The topological polar surface area (TPSA) is 13.1 Å². The minimum absolute atomic E-state index is 0.0212. The summed E-state index contributed by atoms with van der Waals surface area (Å²) in [7, 11) is 0. The number of benzene rings is 8. The van der Waals surface area contributed by atoms with Crippen LogP contribution in [0.25, 0.3) is 88.0 Å². The molecule has 0 saturated heterocycles. The molecule has 9 aromatic rings. The molecule has 0 unspecified atom stereocenters. The molecule has 0 amide bonds. The van der Waals surface area contributed by atoms with Gasteiger partial charge in [0.25, 0.3) is 0 Å². The molecule has 0 atom stereocenters. The summed E-state index contributed by atoms with van der Waals surface area (Å²) in [5.74, 6) is 0. The Balaban J connectivity index is 1.41. The summed E-state index contributed by atoms with van der Waals surface area (Å²) >= 11 is 0. The van der Waals surface area contributed by atoms with Crippen LogP contribution in [-0.2, 0) is 0 Å². The first-order valence-corrected chi connectivity index (χ1v) is 14.1. The molecule has 9 rings (SSSR count). The van der Waals surface area contributed by atoms with Crippen molar-refractivity contribution in [1.82, 2.24) is 0 Å². The molecule has 1 heteroatoms. The monoisotopic (exact) mass is 588 g/mol. The molecule has 0 spiro atoms. The Bertz CT molecular complexity index is 3330. The van der Waals surface area contributed by atoms with Crippen LogP contribution in [0.5, 0.6) is 0 Å². The van der Waals surface area contributed by atoms with Crippen molar-refractivity contribution in [3.8, 4) is 44.5 Å². The molecule has 1 heterocycles. The number of fused-ring (bicyclic) bond motifs is 5. The van der Waals surface area contributed by atoms with Gasteiger partial charge in [0, 0.05) is 10.8 Å². The van der Waals surface area contributed by atoms with E-state index < -0.39 is 84.1 Å². The van der Waals surface area contributed by atoms with Gasteiger partial charge in [-0.25, -0.2) is 0 Å². The number of hydrogen-bond donors (Lipinski definition) is 0. The van der Waals surface area contributed by atoms with Gasteiger partial charge < -0.3 is 4.42 Å². The van der Waals surface area contributed by atoms with Crippen molar-refractivity contribution in [1.29, 1.82) is 0 Å². The molecule has 0 N–H and O–H groups in total. The van der Waals surface area contributed by atoms with E-state index in [0.717, 1.165) is 0 Å². The van der Waals surface area contributed by atoms with Crippen molar-refractivity contribution in [2.24, 2.45) is 0 Å². The van der Waals surface area contributed by atoms with Crippen LogP contribution in [0.4, 0.5) is 0 Å². The SMILES string of the molecule is [2H]c1c([2H])c([2H])c(-c2cccc(-c3c4ccccc4c(-c4c([2H])c([2H])c5oc6c([2H])c([2H])c([2H])c(-c7c([2H])c([2H])c([2H])c([2H])c7[2H])c6c5c4[2H])c4ccccc34)c2)c([2H])c1[2H]. The molecule has 1 nitrogen and oxygen atoms in total. The maximum absolute atomic E-state index is 9.86. The third kappa shape index (κ3) is 4.17. The molecule has 210 valence electrons. The average Bonchev–Trinajstić information content (AvgIpc) is 3.67. The van der Waals surface area contributed by atoms with Gasteiger partial charge in [-0.15, -0.1) is 0 Å². The van der Waals surface area contributed by atoms with Gasteiger partial charge in [-0.2, -0.15) is 0 Å². The maximum Gasteiger partial charge on any atom is 0.136 e. The van der Waals surface area contributed by atoms with E-state index in [4.69, 9.17) is 22.2 Å². The summed E-state index contributed by atoms with van der Waals surface area (Å²) in [6, 6.07) is 12.8. The molecule has 0 aliphatic rings. The summed E-state index contributed by atoms with van der Waals surface area (Å²) in [4.78, 5) is 0. The fourth-order valence-corrected chi connectivity index (χ4v) is 6.07. The van der Waals surface area contributed by atoms with E-state index in [9.17, 15) is 4.11 Å². The van der Waals surface area contributed by atoms with Crippen molar-refractivity contribution in [2.75, 3.05) is 0 Å². The van der Waals surface area contributed by atoms with Crippen LogP contribution in [-0.4, -0.2) is 0 Å². The molecule has 0 fully saturated rings. The van der Waals surface area contributed by atoms with E-state index in [-0.39, 0.29) is 56.8 Å². The minimum atomic E-state index is -0.698. The summed E-state index contributed by atoms with van der Waals surface area (Å²) in [6.45, 7) is 0. The van der Waals surface area contributed by atoms with Gasteiger partial charge in [0.15, 0.2) is 0 Å². The molecule has 45 heavy (non-hydrogen) atoms. The molecule has 0 saturated carbocycles. The lowest BCUT2D eigenvalue weighted by Crippen LogP contribution is -1.91. The third-order valence-electron chi connectivity index (χ3n) is 7.94. The summed E-state index contributed by atoms with van der Waals surface area (Å²) < 4.78 is 145. The number of hydrogen-bond acceptors (Lipinski definition) is 1. The standard InChI is InChI=1S/C44H28O/c1-3-13-29(14-4-1)31-17-11-18-32(27-31)42-35-19-7-9-21-37(35)43(38-22-10-8-20-36(38)42)33-25-26-40-39(28-33)44-34(23-12-24-41(44)45-40)30-15-5-2-6-16-30/h1-28H/i1D,2D,3D,4D,5D,6D,12D,13D,14D,15D,16D,23D,24D,25D,26D,28D. The van der Waals surface area contributed by atoms with Gasteiger partial charge in [0.2, 0.25) is 0 Å². The largest absolute Gasteiger partial charge is 0.456 e. The van der Waals surface area contributed by atoms with E-state index in [2.05, 4.69) is 0 Å². The molecule has 0 aliphatic carbocycles. The lowest BCUT2D eigenvalue weighted by Gasteiger charge is -2.18. The van der Waals surface area contributed by atoms with Crippen molar-refractivity contribution in [2.45, 2.75) is 0 Å². The highest BCUT2D eigenvalue weighted by atomic mass is 16.3. The molecule has 8 aromatic carbocycles. The van der Waals surface area contributed by atoms with E-state index >= 15 is 0 Å². The van der Waals surface area contributed by atoms with Crippen molar-refractivity contribution in [3.05, 3.63) is 169 Å². The molecule has 0 aliphatic heterocycles. The Morgan fingerprint density at radius 2 is 1.00 bits per heavy atom. The van der Waals surface area contributed by atoms with Crippen LogP contribution in [0.2, 0.25) is 0 Å². The molecule has 1 aromatic heterocycles. The second-order valence-corrected chi connectivity index (χ2v) is 10.4. The Hall–Kier alpha value is -5.92. The van der Waals surface area contributed by atoms with Crippen molar-refractivity contribution in [3.63, 3.8) is 0 Å². The number of rotatable bonds is 4. The van der Waals surface area contributed by atoms with Crippen LogP contribution in [0.1, 0.15) is 21.9 Å². The van der Waals surface area contributed by atoms with E-state index in [0.29, 0.717) is 43.8 Å². The van der Waals surface area contributed by atoms with Crippen LogP contribution >= 0.6 is 0 Å². The Kier molecular flexibility index (Phi) is 3.28. The number of furan rings is 1. The van der Waals surface area contributed by atoms with Gasteiger partial charge in [0.1, 0.15) is 11.2 Å². The fourth-order valence-electron chi connectivity index (χ4n) is 6.07. The summed E-state index contributed by atoms with van der Waals surface area (Å²) in [5.41, 5.74) is 0.687. The lowest BCUT2D eigenvalue weighted by atomic mass is 9.85. The second kappa shape index (κ2) is 10.4. The highest BCUT2D eigenvalue weighted by Gasteiger charge is 2.19. The van der Waals surface area contributed by atoms with Crippen LogP contribution in [0.15, 0.2) is 174 Å². The summed E-state index contributed by atoms with van der Waals surface area (Å²) in [6.07, 6.45) is 0. The third-order valence-corrected chi connectivity index (χ3v) is 7.94. The Labute approximate surface area is 284 Å². The quantitative estimate of drug-likeness (QED) is 0.186. The van der Waals surface area contributed by atoms with Crippen molar-refractivity contribution < 1.29 is 26.3 Å². The zero-order valence-electron chi connectivity index (χ0n) is 39.3. The van der Waals surface area contributed by atoms with Gasteiger partial charge in [0.05, 0.1) is 21.9 Å². The highest BCUT2D eigenvalue weighted by molar-refractivity contribution is 6.22. The van der Waals surface area contributed by atoms with Gasteiger partial charge in [-0.1, -0.05) is 145 Å². The Morgan fingerprint density at radius 1 is 0.400 bits per heavy atom. The highest BCUT2D eigenvalue weighted by Crippen LogP contribution is 2.46. The molecule has 0 radical (unpaired) electrons. The average molecular weight is 589 g/mol. The smallest absolute Gasteiger partial charge is 0.136 e. The predicted octanol–water partition coefficient (Wildman–Crippen LogP) is 12.6. The van der Waals surface area contributed by atoms with Gasteiger partial charge in [-0.05, 0) is 90.2 Å². The molecular formula is C44H28O. The normalized spacial score (nSPS) is 16.5. The zero-order valence-corrected chi connectivity index (χ0v) is 23.3. The van der Waals surface area contributed by atoms with Crippen LogP contribution < -0.4 is 0 Å². The predicted molar refractivity (Wildman–Crippen MR) is 190 cm³/mol. The van der Waals surface area contributed by atoms with E-state index in [1.807, 2.05) is 30.3 Å². The lowest BCUT2D eigenvalue weighted by molar-refractivity contribution is 0.669. The first-order chi connectivity index (χ1) is 29.0. The van der Waals surface area contributed by atoms with E-state index in [1.165, 1.54) is 0 Å². The summed E-state index contributed by atoms with van der Waals surface area (Å²) in [5, 5.41) is 2.10. The van der Waals surface area contributed by atoms with Gasteiger partial charge in [-0.3, -0.25) is 0 Å². The first-order valence-electron chi connectivity index (χ1n) is 22.1. The Morgan fingerprint density at radius 3 is 1.67 bits per heavy atom. The second-order valence-electron chi connectivity index (χ2n) is 10.4. The minimum Gasteiger partial charge on any atom is -0.456 e. The van der Waals surface area contributed by atoms with Crippen molar-refractivity contribution >= 4 is 43.5 Å².